The number of para-hydroxylation sites is 1. The monoisotopic (exact) mass is 336 g/mol. The number of amides is 1. The smallest absolute Gasteiger partial charge is 0.252 e. The van der Waals surface area contributed by atoms with E-state index in [1.807, 2.05) is 23.1 Å². The first-order chi connectivity index (χ1) is 10.1. The zero-order valence-corrected chi connectivity index (χ0v) is 13.8. The lowest BCUT2D eigenvalue weighted by Gasteiger charge is -2.20. The van der Waals surface area contributed by atoms with E-state index in [2.05, 4.69) is 18.4 Å². The second-order valence-corrected chi connectivity index (χ2v) is 6.62. The van der Waals surface area contributed by atoms with Crippen molar-refractivity contribution in [1.82, 2.24) is 4.90 Å². The molecule has 0 N–H and O–H groups in total. The highest BCUT2D eigenvalue weighted by Crippen LogP contribution is 2.30. The molecule has 6 heteroatoms. The van der Waals surface area contributed by atoms with Gasteiger partial charge in [-0.2, -0.15) is 0 Å². The largest absolute Gasteiger partial charge is 0.334 e. The second-order valence-electron chi connectivity index (χ2n) is 4.85. The molecule has 1 aliphatic rings. The van der Waals surface area contributed by atoms with Crippen molar-refractivity contribution in [2.24, 2.45) is 0 Å². The fourth-order valence-corrected chi connectivity index (χ4v) is 3.75. The van der Waals surface area contributed by atoms with Crippen molar-refractivity contribution in [3.8, 4) is 0 Å². The topological polar surface area (TPSA) is 23.6 Å². The molecule has 108 valence electrons. The molecule has 1 aliphatic heterocycles. The zero-order chi connectivity index (χ0) is 15.0. The summed E-state index contributed by atoms with van der Waals surface area (Å²) < 4.78 is 0. The number of hydrogen-bond acceptors (Lipinski definition) is 3. The van der Waals surface area contributed by atoms with Crippen molar-refractivity contribution in [3.05, 3.63) is 51.2 Å². The van der Waals surface area contributed by atoms with Gasteiger partial charge in [0.15, 0.2) is 5.11 Å². The fourth-order valence-electron chi connectivity index (χ4n) is 2.28. The van der Waals surface area contributed by atoms with Gasteiger partial charge in [-0.15, -0.1) is 11.3 Å². The molecule has 0 unspecified atom stereocenters. The Morgan fingerprint density at radius 1 is 1.33 bits per heavy atom. The number of anilines is 1. The molecule has 2 aromatic rings. The van der Waals surface area contributed by atoms with Crippen molar-refractivity contribution in [1.29, 1.82) is 0 Å². The van der Waals surface area contributed by atoms with Gasteiger partial charge in [0, 0.05) is 4.88 Å². The molecule has 0 bridgehead atoms. The molecule has 1 saturated heterocycles. The van der Waals surface area contributed by atoms with E-state index >= 15 is 0 Å². The summed E-state index contributed by atoms with van der Waals surface area (Å²) in [6.07, 6.45) is 0. The number of benzene rings is 1. The Balaban J connectivity index is 1.86. The standard InChI is InChI=1S/C15H13ClN2OS2/c1-10-6-7-21-13(10)8-17-9-14(19)18(15(17)20)12-5-3-2-4-11(12)16/h2-7H,8-9H2,1H3. The number of halogens is 1. The number of carbonyl (C=O) groups is 1. The number of carbonyl (C=O) groups excluding carboxylic acids is 1. The summed E-state index contributed by atoms with van der Waals surface area (Å²) in [5.41, 5.74) is 1.88. The van der Waals surface area contributed by atoms with Crippen molar-refractivity contribution in [2.75, 3.05) is 11.4 Å². The van der Waals surface area contributed by atoms with E-state index < -0.39 is 0 Å². The molecule has 0 saturated carbocycles. The van der Waals surface area contributed by atoms with Gasteiger partial charge in [-0.25, -0.2) is 0 Å². The van der Waals surface area contributed by atoms with E-state index in [4.69, 9.17) is 23.8 Å². The second kappa shape index (κ2) is 5.75. The fraction of sp³-hybridized carbons (Fsp3) is 0.200. The maximum absolute atomic E-state index is 12.3. The van der Waals surface area contributed by atoms with Crippen LogP contribution in [0.15, 0.2) is 35.7 Å². The lowest BCUT2D eigenvalue weighted by Crippen LogP contribution is -2.32. The third kappa shape index (κ3) is 2.69. The van der Waals surface area contributed by atoms with Gasteiger partial charge in [-0.3, -0.25) is 9.69 Å². The summed E-state index contributed by atoms with van der Waals surface area (Å²) in [5.74, 6) is -0.0395. The van der Waals surface area contributed by atoms with Crippen LogP contribution in [0.3, 0.4) is 0 Å². The Hall–Kier alpha value is -1.43. The first-order valence-electron chi connectivity index (χ1n) is 6.47. The lowest BCUT2D eigenvalue weighted by molar-refractivity contribution is -0.116. The van der Waals surface area contributed by atoms with Crippen LogP contribution in [0.2, 0.25) is 5.02 Å². The van der Waals surface area contributed by atoms with Crippen molar-refractivity contribution >= 4 is 51.9 Å². The van der Waals surface area contributed by atoms with Crippen LogP contribution in [-0.2, 0) is 11.3 Å². The third-order valence-electron chi connectivity index (χ3n) is 3.43. The molecule has 2 heterocycles. The summed E-state index contributed by atoms with van der Waals surface area (Å²) in [6, 6.07) is 9.34. The molecule has 0 atom stereocenters. The van der Waals surface area contributed by atoms with Crippen LogP contribution < -0.4 is 4.90 Å². The van der Waals surface area contributed by atoms with Crippen LogP contribution in [0.1, 0.15) is 10.4 Å². The molecular weight excluding hydrogens is 324 g/mol. The number of hydrogen-bond donors (Lipinski definition) is 0. The van der Waals surface area contributed by atoms with E-state index in [1.165, 1.54) is 15.3 Å². The van der Waals surface area contributed by atoms with Crippen LogP contribution in [0, 0.1) is 6.92 Å². The van der Waals surface area contributed by atoms with Crippen LogP contribution in [-0.4, -0.2) is 22.5 Å². The maximum atomic E-state index is 12.3. The molecule has 1 amide bonds. The predicted molar refractivity (Wildman–Crippen MR) is 91.0 cm³/mol. The molecule has 0 radical (unpaired) electrons. The molecule has 1 aromatic carbocycles. The van der Waals surface area contributed by atoms with Crippen LogP contribution in [0.5, 0.6) is 0 Å². The lowest BCUT2D eigenvalue weighted by atomic mass is 10.3. The molecule has 0 aliphatic carbocycles. The van der Waals surface area contributed by atoms with E-state index in [-0.39, 0.29) is 5.91 Å². The van der Waals surface area contributed by atoms with E-state index in [1.54, 1.807) is 17.4 Å². The summed E-state index contributed by atoms with van der Waals surface area (Å²) >= 11 is 13.3. The first-order valence-corrected chi connectivity index (χ1v) is 8.14. The maximum Gasteiger partial charge on any atom is 0.252 e. The minimum absolute atomic E-state index is 0.0395. The van der Waals surface area contributed by atoms with Crippen molar-refractivity contribution in [3.63, 3.8) is 0 Å². The van der Waals surface area contributed by atoms with E-state index in [0.717, 1.165) is 0 Å². The summed E-state index contributed by atoms with van der Waals surface area (Å²) in [5, 5.41) is 3.10. The Morgan fingerprint density at radius 3 is 2.76 bits per heavy atom. The van der Waals surface area contributed by atoms with E-state index in [9.17, 15) is 4.79 Å². The van der Waals surface area contributed by atoms with Gasteiger partial charge in [0.2, 0.25) is 0 Å². The Labute approximate surface area is 137 Å². The minimum atomic E-state index is -0.0395. The quantitative estimate of drug-likeness (QED) is 0.795. The number of aryl methyl sites for hydroxylation is 1. The van der Waals surface area contributed by atoms with Crippen molar-refractivity contribution < 1.29 is 4.79 Å². The molecular formula is C15H13ClN2OS2. The van der Waals surface area contributed by atoms with Crippen molar-refractivity contribution in [2.45, 2.75) is 13.5 Å². The van der Waals surface area contributed by atoms with Crippen LogP contribution >= 0.6 is 35.2 Å². The van der Waals surface area contributed by atoms with E-state index in [0.29, 0.717) is 28.9 Å². The number of nitrogens with zero attached hydrogens (tertiary/aromatic N) is 2. The number of thiocarbonyl (C=S) groups is 1. The molecule has 1 fully saturated rings. The minimum Gasteiger partial charge on any atom is -0.334 e. The summed E-state index contributed by atoms with van der Waals surface area (Å²) in [4.78, 5) is 17.0. The average Bonchev–Trinajstić information content (AvgIpc) is 2.97. The zero-order valence-electron chi connectivity index (χ0n) is 11.4. The first kappa shape index (κ1) is 14.5. The molecule has 21 heavy (non-hydrogen) atoms. The van der Waals surface area contributed by atoms with Gasteiger partial charge in [0.05, 0.1) is 17.3 Å². The normalized spacial score (nSPS) is 15.1. The van der Waals surface area contributed by atoms with Gasteiger partial charge < -0.3 is 4.90 Å². The highest BCUT2D eigenvalue weighted by Gasteiger charge is 2.35. The predicted octanol–water partition coefficient (Wildman–Crippen LogP) is 3.84. The molecule has 3 nitrogen and oxygen atoms in total. The Kier molecular flexibility index (Phi) is 3.97. The third-order valence-corrected chi connectivity index (χ3v) is 5.20. The van der Waals surface area contributed by atoms with Gasteiger partial charge in [-0.05, 0) is 48.3 Å². The average molecular weight is 337 g/mol. The molecule has 3 rings (SSSR count). The SMILES string of the molecule is Cc1ccsc1CN1CC(=O)N(c2ccccc2Cl)C1=S. The summed E-state index contributed by atoms with van der Waals surface area (Å²) in [6.45, 7) is 3.02. The molecule has 0 spiro atoms. The Bertz CT molecular complexity index is 713. The van der Waals surface area contributed by atoms with Gasteiger partial charge in [-0.1, -0.05) is 23.7 Å². The van der Waals surface area contributed by atoms with Crippen LogP contribution in [0.4, 0.5) is 5.69 Å². The highest BCUT2D eigenvalue weighted by atomic mass is 35.5. The summed E-state index contributed by atoms with van der Waals surface area (Å²) in [7, 11) is 0. The van der Waals surface area contributed by atoms with Gasteiger partial charge in [0.1, 0.15) is 6.54 Å². The number of rotatable bonds is 3. The highest BCUT2D eigenvalue weighted by molar-refractivity contribution is 7.80. The molecule has 1 aromatic heterocycles. The van der Waals surface area contributed by atoms with Crippen LogP contribution in [0.25, 0.3) is 0 Å². The van der Waals surface area contributed by atoms with Gasteiger partial charge in [0.25, 0.3) is 5.91 Å². The Morgan fingerprint density at radius 2 is 2.10 bits per heavy atom. The number of thiophene rings is 1. The van der Waals surface area contributed by atoms with Gasteiger partial charge >= 0.3 is 0 Å².